The topological polar surface area (TPSA) is 106 Å². The van der Waals surface area contributed by atoms with Crippen LogP contribution in [0.3, 0.4) is 0 Å². The second-order valence-electron chi connectivity index (χ2n) is 7.98. The molecule has 182 valence electrons. The number of benzene rings is 2. The van der Waals surface area contributed by atoms with Crippen LogP contribution in [0, 0.1) is 0 Å². The molecule has 5 aromatic rings. The van der Waals surface area contributed by atoms with Crippen molar-refractivity contribution in [3.63, 3.8) is 0 Å². The van der Waals surface area contributed by atoms with E-state index in [1.165, 1.54) is 17.9 Å². The lowest BCUT2D eigenvalue weighted by molar-refractivity contribution is -0.142. The maximum absolute atomic E-state index is 14.0. The van der Waals surface area contributed by atoms with Crippen molar-refractivity contribution in [2.75, 3.05) is 12.4 Å². The van der Waals surface area contributed by atoms with Crippen LogP contribution in [0.4, 0.5) is 18.9 Å². The predicted octanol–water partition coefficient (Wildman–Crippen LogP) is 3.91. The molecule has 0 fully saturated rings. The second-order valence-corrected chi connectivity index (χ2v) is 7.98. The first-order valence-electron chi connectivity index (χ1n) is 10.7. The van der Waals surface area contributed by atoms with Gasteiger partial charge in [-0.25, -0.2) is 9.50 Å². The summed E-state index contributed by atoms with van der Waals surface area (Å²) in [6.45, 7) is 0. The molecule has 3 heterocycles. The van der Waals surface area contributed by atoms with E-state index in [1.54, 1.807) is 25.2 Å². The highest BCUT2D eigenvalue weighted by Crippen LogP contribution is 2.33. The van der Waals surface area contributed by atoms with Crippen LogP contribution in [0.2, 0.25) is 0 Å². The monoisotopic (exact) mass is 493 g/mol. The number of carbonyl (C=O) groups is 2. The molecule has 3 aromatic heterocycles. The first kappa shape index (κ1) is 23.0. The lowest BCUT2D eigenvalue weighted by Gasteiger charge is -2.11. The molecule has 0 unspecified atom stereocenters. The van der Waals surface area contributed by atoms with E-state index in [0.717, 1.165) is 22.9 Å². The van der Waals surface area contributed by atoms with E-state index in [0.29, 0.717) is 10.1 Å². The number of nitrogens with zero attached hydrogens (tertiary/aromatic N) is 5. The van der Waals surface area contributed by atoms with Gasteiger partial charge in [0.1, 0.15) is 0 Å². The van der Waals surface area contributed by atoms with E-state index in [-0.39, 0.29) is 28.4 Å². The molecule has 2 amide bonds. The highest BCUT2D eigenvalue weighted by Gasteiger charge is 2.36. The lowest BCUT2D eigenvalue weighted by atomic mass is 10.0. The zero-order valence-electron chi connectivity index (χ0n) is 19.0. The average Bonchev–Trinajstić information content (AvgIpc) is 3.45. The Hall–Kier alpha value is -4.74. The molecule has 0 aliphatic heterocycles. The standard InChI is InChI=1S/C24H18F3N7O2/c1-28-23(36)21-18(12-33(2)32-21)30-22(35)17-11-20-29-16(10-19(24(25,26)27)34(20)31-17)15-8-7-13-5-3-4-6-14(13)9-15/h3-12H,1-2H3,(H,28,36)(H,30,35). The fraction of sp³-hybridized carbons (Fsp3) is 0.125. The summed E-state index contributed by atoms with van der Waals surface area (Å²) in [4.78, 5) is 29.2. The van der Waals surface area contributed by atoms with Gasteiger partial charge in [0.05, 0.1) is 11.4 Å². The first-order valence-corrected chi connectivity index (χ1v) is 10.7. The van der Waals surface area contributed by atoms with Crippen LogP contribution in [0.5, 0.6) is 0 Å². The number of alkyl halides is 3. The highest BCUT2D eigenvalue weighted by atomic mass is 19.4. The van der Waals surface area contributed by atoms with Crippen molar-refractivity contribution in [1.82, 2.24) is 29.7 Å². The van der Waals surface area contributed by atoms with E-state index in [1.807, 2.05) is 24.3 Å². The summed E-state index contributed by atoms with van der Waals surface area (Å²) in [5, 5.41) is 14.5. The van der Waals surface area contributed by atoms with Crippen LogP contribution < -0.4 is 10.6 Å². The Kier molecular flexibility index (Phi) is 5.43. The quantitative estimate of drug-likeness (QED) is 0.395. The van der Waals surface area contributed by atoms with E-state index in [9.17, 15) is 22.8 Å². The van der Waals surface area contributed by atoms with Crippen LogP contribution in [0.25, 0.3) is 27.7 Å². The maximum Gasteiger partial charge on any atom is 0.433 e. The normalized spacial score (nSPS) is 11.7. The van der Waals surface area contributed by atoms with Crippen LogP contribution in [0.1, 0.15) is 26.7 Å². The van der Waals surface area contributed by atoms with Crippen molar-refractivity contribution in [3.8, 4) is 11.3 Å². The van der Waals surface area contributed by atoms with E-state index < -0.39 is 23.7 Å². The van der Waals surface area contributed by atoms with Gasteiger partial charge < -0.3 is 10.6 Å². The number of hydrogen-bond donors (Lipinski definition) is 2. The molecule has 0 saturated heterocycles. The number of amides is 2. The number of hydrogen-bond acceptors (Lipinski definition) is 5. The highest BCUT2D eigenvalue weighted by molar-refractivity contribution is 6.07. The summed E-state index contributed by atoms with van der Waals surface area (Å²) >= 11 is 0. The van der Waals surface area contributed by atoms with Crippen LogP contribution >= 0.6 is 0 Å². The number of fused-ring (bicyclic) bond motifs is 2. The fourth-order valence-electron chi connectivity index (χ4n) is 3.84. The van der Waals surface area contributed by atoms with Crippen molar-refractivity contribution < 1.29 is 22.8 Å². The molecule has 0 saturated carbocycles. The maximum atomic E-state index is 14.0. The first-order chi connectivity index (χ1) is 17.1. The van der Waals surface area contributed by atoms with Gasteiger partial charge in [0, 0.05) is 31.9 Å². The van der Waals surface area contributed by atoms with Crippen LogP contribution in [-0.4, -0.2) is 43.2 Å². The van der Waals surface area contributed by atoms with Gasteiger partial charge in [0.15, 0.2) is 22.7 Å². The Morgan fingerprint density at radius 3 is 2.42 bits per heavy atom. The van der Waals surface area contributed by atoms with E-state index in [4.69, 9.17) is 0 Å². The average molecular weight is 493 g/mol. The van der Waals surface area contributed by atoms with Gasteiger partial charge in [0.2, 0.25) is 0 Å². The minimum atomic E-state index is -4.76. The molecule has 0 radical (unpaired) electrons. The number of nitrogens with one attached hydrogen (secondary N) is 2. The minimum Gasteiger partial charge on any atom is -0.354 e. The summed E-state index contributed by atoms with van der Waals surface area (Å²) in [6.07, 6.45) is -3.36. The zero-order chi connectivity index (χ0) is 25.6. The van der Waals surface area contributed by atoms with Crippen LogP contribution in [0.15, 0.2) is 60.8 Å². The van der Waals surface area contributed by atoms with Gasteiger partial charge >= 0.3 is 6.18 Å². The molecule has 2 aromatic carbocycles. The largest absolute Gasteiger partial charge is 0.433 e. The summed E-state index contributed by atoms with van der Waals surface area (Å²) in [7, 11) is 2.96. The number of aryl methyl sites for hydroxylation is 1. The summed E-state index contributed by atoms with van der Waals surface area (Å²) in [5.41, 5.74) is -0.945. The molecule has 0 atom stereocenters. The Morgan fingerprint density at radius 1 is 0.944 bits per heavy atom. The lowest BCUT2D eigenvalue weighted by Crippen LogP contribution is -2.21. The summed E-state index contributed by atoms with van der Waals surface area (Å²) in [6, 6.07) is 14.8. The molecule has 0 bridgehead atoms. The van der Waals surface area contributed by atoms with E-state index >= 15 is 0 Å². The minimum absolute atomic E-state index is 0.0511. The van der Waals surface area contributed by atoms with Crippen molar-refractivity contribution in [3.05, 3.63) is 77.9 Å². The van der Waals surface area contributed by atoms with Crippen molar-refractivity contribution in [2.45, 2.75) is 6.18 Å². The van der Waals surface area contributed by atoms with Crippen molar-refractivity contribution in [1.29, 1.82) is 0 Å². The Bertz CT molecular complexity index is 1650. The Balaban J connectivity index is 1.58. The third-order valence-corrected chi connectivity index (χ3v) is 5.51. The number of carbonyl (C=O) groups excluding carboxylic acids is 2. The third-order valence-electron chi connectivity index (χ3n) is 5.51. The second kappa shape index (κ2) is 8.48. The molecule has 2 N–H and O–H groups in total. The number of aromatic nitrogens is 5. The van der Waals surface area contributed by atoms with Crippen molar-refractivity contribution in [2.24, 2.45) is 7.05 Å². The van der Waals surface area contributed by atoms with Gasteiger partial charge in [0.25, 0.3) is 11.8 Å². The number of halogens is 3. The molecule has 0 aliphatic rings. The van der Waals surface area contributed by atoms with Crippen LogP contribution in [-0.2, 0) is 13.2 Å². The Morgan fingerprint density at radius 2 is 1.69 bits per heavy atom. The van der Waals surface area contributed by atoms with Gasteiger partial charge in [-0.1, -0.05) is 36.4 Å². The Labute approximate surface area is 201 Å². The number of anilines is 1. The number of rotatable bonds is 4. The summed E-state index contributed by atoms with van der Waals surface area (Å²) in [5.74, 6) is -1.36. The molecule has 0 aliphatic carbocycles. The van der Waals surface area contributed by atoms with Gasteiger partial charge in [-0.15, -0.1) is 0 Å². The third kappa shape index (κ3) is 4.13. The molecule has 36 heavy (non-hydrogen) atoms. The molecular weight excluding hydrogens is 475 g/mol. The predicted molar refractivity (Wildman–Crippen MR) is 125 cm³/mol. The van der Waals surface area contributed by atoms with Gasteiger partial charge in [-0.2, -0.15) is 23.4 Å². The molecule has 9 nitrogen and oxygen atoms in total. The molecule has 5 rings (SSSR count). The summed E-state index contributed by atoms with van der Waals surface area (Å²) < 4.78 is 43.8. The molecule has 0 spiro atoms. The zero-order valence-corrected chi connectivity index (χ0v) is 19.0. The van der Waals surface area contributed by atoms with E-state index in [2.05, 4.69) is 25.8 Å². The SMILES string of the molecule is CNC(=O)c1nn(C)cc1NC(=O)c1cc2nc(-c3ccc4ccccc4c3)cc(C(F)(F)F)n2n1. The molecule has 12 heteroatoms. The van der Waals surface area contributed by atoms with Crippen molar-refractivity contribution >= 4 is 33.9 Å². The smallest absolute Gasteiger partial charge is 0.354 e. The molecular formula is C24H18F3N7O2. The fourth-order valence-corrected chi connectivity index (χ4v) is 3.84. The van der Waals surface area contributed by atoms with Gasteiger partial charge in [-0.05, 0) is 22.9 Å². The van der Waals surface area contributed by atoms with Gasteiger partial charge in [-0.3, -0.25) is 14.3 Å².